The number of anilines is 1. The van der Waals surface area contributed by atoms with Crippen LogP contribution in [0.2, 0.25) is 0 Å². The Balaban J connectivity index is 1.34. The highest BCUT2D eigenvalue weighted by molar-refractivity contribution is 5.92. The lowest BCUT2D eigenvalue weighted by Crippen LogP contribution is -2.68. The molecular weight excluding hydrogens is 546 g/mol. The molecule has 4 heterocycles. The van der Waals surface area contributed by atoms with Crippen molar-refractivity contribution in [2.45, 2.75) is 56.7 Å². The second-order valence-electron chi connectivity index (χ2n) is 11.0. The molecule has 3 aliphatic rings. The third kappa shape index (κ3) is 6.44. The highest BCUT2D eigenvalue weighted by atomic mass is 16.7. The molecule has 2 fully saturated rings. The molecule has 2 amide bonds. The van der Waals surface area contributed by atoms with Crippen molar-refractivity contribution in [2.75, 3.05) is 18.1 Å². The molecule has 2 N–H and O–H groups in total. The minimum atomic E-state index is -0.834. The van der Waals surface area contributed by atoms with Gasteiger partial charge < -0.3 is 10.1 Å². The van der Waals surface area contributed by atoms with Crippen LogP contribution in [-0.4, -0.2) is 63.3 Å². The zero-order valence-corrected chi connectivity index (χ0v) is 24.1. The Hall–Kier alpha value is -4.57. The quantitative estimate of drug-likeness (QED) is 0.364. The van der Waals surface area contributed by atoms with E-state index in [9.17, 15) is 10.1 Å². The van der Waals surface area contributed by atoms with Crippen LogP contribution < -0.4 is 15.5 Å². The molecule has 12 nitrogen and oxygen atoms in total. The predicted octanol–water partition coefficient (Wildman–Crippen LogP) is 3.86. The van der Waals surface area contributed by atoms with Gasteiger partial charge in [0.05, 0.1) is 31.2 Å². The van der Waals surface area contributed by atoms with Crippen LogP contribution in [0.5, 0.6) is 0 Å². The summed E-state index contributed by atoms with van der Waals surface area (Å²) in [6.45, 7) is 1.30. The first-order valence-corrected chi connectivity index (χ1v) is 14.6. The van der Waals surface area contributed by atoms with Crippen molar-refractivity contribution in [1.29, 1.82) is 5.26 Å². The van der Waals surface area contributed by atoms with Crippen LogP contribution in [0, 0.1) is 11.3 Å². The van der Waals surface area contributed by atoms with Gasteiger partial charge >= 0.3 is 6.03 Å². The number of urea groups is 1. The van der Waals surface area contributed by atoms with E-state index in [-0.39, 0.29) is 12.1 Å². The van der Waals surface area contributed by atoms with Crippen LogP contribution in [0.25, 0.3) is 11.1 Å². The Kier molecular flexibility index (Phi) is 8.46. The molecule has 1 aliphatic carbocycles. The minimum Gasteiger partial charge on any atom is -0.376 e. The van der Waals surface area contributed by atoms with E-state index in [0.29, 0.717) is 44.0 Å². The van der Waals surface area contributed by atoms with Crippen LogP contribution in [0.3, 0.4) is 0 Å². The maximum absolute atomic E-state index is 14.2. The SMILES string of the molecule is Cn1cc(-c2ccc(N(C(=O)NCc3ccccc3)C3(NC4N=CC(C#N)=CN4OC4COC4)CCCCC3)nc2)cn1. The third-order valence-electron chi connectivity index (χ3n) is 7.88. The number of hydrogen-bond acceptors (Lipinski definition) is 9. The van der Waals surface area contributed by atoms with Crippen LogP contribution in [0.4, 0.5) is 10.6 Å². The molecule has 222 valence electrons. The lowest BCUT2D eigenvalue weighted by atomic mass is 9.87. The topological polar surface area (TPSA) is 133 Å². The molecule has 1 saturated carbocycles. The molecule has 0 radical (unpaired) electrons. The minimum absolute atomic E-state index is 0.136. The van der Waals surface area contributed by atoms with Gasteiger partial charge in [0.2, 0.25) is 6.29 Å². The molecule has 1 aromatic carbocycles. The maximum atomic E-state index is 14.2. The molecule has 1 unspecified atom stereocenters. The number of nitrogens with zero attached hydrogens (tertiary/aromatic N) is 7. The van der Waals surface area contributed by atoms with Crippen LogP contribution in [0.15, 0.2) is 77.8 Å². The van der Waals surface area contributed by atoms with Crippen molar-refractivity contribution >= 4 is 18.1 Å². The zero-order chi connectivity index (χ0) is 29.6. The third-order valence-corrected chi connectivity index (χ3v) is 7.88. The van der Waals surface area contributed by atoms with Gasteiger partial charge in [-0.25, -0.2) is 19.8 Å². The molecule has 0 bridgehead atoms. The Labute approximate surface area is 250 Å². The zero-order valence-electron chi connectivity index (χ0n) is 24.1. The molecule has 1 saturated heterocycles. The standard InChI is InChI=1S/C31H35N9O3/c1-38-20-26(18-36-38)25-10-11-28(33-17-25)40(30(41)35-15-23-8-4-2-5-9-23)31(12-6-3-7-13-31)37-29-34-16-24(14-32)19-39(29)43-27-21-42-22-27/h2,4-5,8-11,16-20,27,29,37H,3,6-7,12-13,15,21-22H2,1H3,(H,35,41). The number of carbonyl (C=O) groups is 1. The second-order valence-corrected chi connectivity index (χ2v) is 11.0. The summed E-state index contributed by atoms with van der Waals surface area (Å²) in [6.07, 6.45) is 12.1. The average Bonchev–Trinajstić information content (AvgIpc) is 3.46. The average molecular weight is 582 g/mol. The van der Waals surface area contributed by atoms with Crippen LogP contribution >= 0.6 is 0 Å². The Bertz CT molecular complexity index is 1500. The summed E-state index contributed by atoms with van der Waals surface area (Å²) in [6, 6.07) is 15.5. The summed E-state index contributed by atoms with van der Waals surface area (Å²) < 4.78 is 7.04. The summed E-state index contributed by atoms with van der Waals surface area (Å²) in [5.74, 6) is 0.514. The molecule has 2 aliphatic heterocycles. The summed E-state index contributed by atoms with van der Waals surface area (Å²) in [5.41, 5.74) is 2.38. The van der Waals surface area contributed by atoms with Gasteiger partial charge in [0.15, 0.2) is 0 Å². The number of aromatic nitrogens is 3. The number of rotatable bonds is 9. The molecule has 6 rings (SSSR count). The summed E-state index contributed by atoms with van der Waals surface area (Å²) in [4.78, 5) is 31.5. The van der Waals surface area contributed by atoms with E-state index in [1.165, 1.54) is 6.21 Å². The Morgan fingerprint density at radius 3 is 2.60 bits per heavy atom. The fraction of sp³-hybridized carbons (Fsp3) is 0.387. The lowest BCUT2D eigenvalue weighted by molar-refractivity contribution is -0.259. The highest BCUT2D eigenvalue weighted by Gasteiger charge is 2.45. The number of aliphatic imine (C=N–C) groups is 1. The molecular formula is C31H35N9O3. The van der Waals surface area contributed by atoms with Gasteiger partial charge in [-0.3, -0.25) is 19.7 Å². The monoisotopic (exact) mass is 581 g/mol. The van der Waals surface area contributed by atoms with E-state index >= 15 is 0 Å². The number of nitrogens with one attached hydrogen (secondary N) is 2. The fourth-order valence-corrected chi connectivity index (χ4v) is 5.59. The molecule has 3 aromatic rings. The molecule has 1 atom stereocenters. The lowest BCUT2D eigenvalue weighted by Gasteiger charge is -2.49. The Morgan fingerprint density at radius 2 is 1.95 bits per heavy atom. The number of benzene rings is 1. The number of hydroxylamine groups is 2. The van der Waals surface area contributed by atoms with E-state index in [4.69, 9.17) is 14.6 Å². The normalized spacial score (nSPS) is 19.7. The smallest absolute Gasteiger partial charge is 0.324 e. The summed E-state index contributed by atoms with van der Waals surface area (Å²) >= 11 is 0. The van der Waals surface area contributed by atoms with Gasteiger partial charge in [0.1, 0.15) is 23.7 Å². The number of ether oxygens (including phenoxy) is 1. The number of pyridine rings is 1. The van der Waals surface area contributed by atoms with E-state index in [1.807, 2.05) is 55.7 Å². The van der Waals surface area contributed by atoms with Crippen molar-refractivity contribution in [3.8, 4) is 17.2 Å². The number of allylic oxidation sites excluding steroid dienone is 1. The first-order chi connectivity index (χ1) is 21.0. The van der Waals surface area contributed by atoms with Gasteiger partial charge in [-0.1, -0.05) is 36.8 Å². The fourth-order valence-electron chi connectivity index (χ4n) is 5.59. The number of carbonyl (C=O) groups excluding carboxylic acids is 1. The maximum Gasteiger partial charge on any atom is 0.324 e. The van der Waals surface area contributed by atoms with Crippen molar-refractivity contribution in [3.63, 3.8) is 0 Å². The molecule has 12 heteroatoms. The Morgan fingerprint density at radius 1 is 1.14 bits per heavy atom. The molecule has 2 aromatic heterocycles. The first kappa shape index (κ1) is 28.5. The predicted molar refractivity (Wildman–Crippen MR) is 160 cm³/mol. The van der Waals surface area contributed by atoms with Gasteiger partial charge in [0, 0.05) is 43.3 Å². The van der Waals surface area contributed by atoms with Gasteiger partial charge in [-0.15, -0.1) is 0 Å². The van der Waals surface area contributed by atoms with Gasteiger partial charge in [0.25, 0.3) is 0 Å². The van der Waals surface area contributed by atoms with Crippen molar-refractivity contribution in [1.82, 2.24) is 30.5 Å². The van der Waals surface area contributed by atoms with Crippen molar-refractivity contribution in [3.05, 3.63) is 78.4 Å². The highest BCUT2D eigenvalue weighted by Crippen LogP contribution is 2.36. The summed E-state index contributed by atoms with van der Waals surface area (Å²) in [7, 11) is 1.87. The number of amides is 2. The molecule has 43 heavy (non-hydrogen) atoms. The first-order valence-electron chi connectivity index (χ1n) is 14.6. The van der Waals surface area contributed by atoms with E-state index in [1.54, 1.807) is 33.2 Å². The van der Waals surface area contributed by atoms with Crippen LogP contribution in [0.1, 0.15) is 37.7 Å². The number of aryl methyl sites for hydroxylation is 1. The summed E-state index contributed by atoms with van der Waals surface area (Å²) in [5, 5.41) is 22.2. The molecule has 0 spiro atoms. The van der Waals surface area contributed by atoms with Gasteiger partial charge in [-0.2, -0.15) is 10.4 Å². The largest absolute Gasteiger partial charge is 0.376 e. The van der Waals surface area contributed by atoms with E-state index in [2.05, 4.69) is 26.8 Å². The van der Waals surface area contributed by atoms with Crippen molar-refractivity contribution in [2.24, 2.45) is 12.0 Å². The van der Waals surface area contributed by atoms with E-state index < -0.39 is 12.0 Å². The number of hydrogen-bond donors (Lipinski definition) is 2. The van der Waals surface area contributed by atoms with E-state index in [0.717, 1.165) is 36.0 Å². The van der Waals surface area contributed by atoms with Crippen molar-refractivity contribution < 1.29 is 14.4 Å². The van der Waals surface area contributed by atoms with Gasteiger partial charge in [-0.05, 0) is 43.4 Å². The number of nitriles is 1. The van der Waals surface area contributed by atoms with Crippen LogP contribution in [-0.2, 0) is 23.2 Å². The second kappa shape index (κ2) is 12.7.